The van der Waals surface area contributed by atoms with E-state index in [0.717, 1.165) is 11.3 Å². The summed E-state index contributed by atoms with van der Waals surface area (Å²) >= 11 is 6.08. The summed E-state index contributed by atoms with van der Waals surface area (Å²) in [7, 11) is 4.64. The fraction of sp³-hybridized carbons (Fsp3) is 0.385. The monoisotopic (exact) mass is 469 g/mol. The number of nitrogens with zero attached hydrogens (tertiary/aromatic N) is 1. The molecular formula is C26H28ClNO5. The van der Waals surface area contributed by atoms with E-state index in [2.05, 4.69) is 13.8 Å². The van der Waals surface area contributed by atoms with Crippen molar-refractivity contribution in [1.82, 2.24) is 0 Å². The first kappa shape index (κ1) is 23.2. The van der Waals surface area contributed by atoms with Gasteiger partial charge in [0.25, 0.3) is 0 Å². The number of methoxy groups -OCH3 is 3. The molecule has 2 aromatic carbocycles. The fourth-order valence-electron chi connectivity index (χ4n) is 4.97. The number of allylic oxidation sites excluding steroid dienone is 2. The zero-order valence-electron chi connectivity index (χ0n) is 19.5. The summed E-state index contributed by atoms with van der Waals surface area (Å²) in [6.45, 7) is 4.11. The molecule has 1 aliphatic heterocycles. The van der Waals surface area contributed by atoms with E-state index >= 15 is 0 Å². The van der Waals surface area contributed by atoms with Gasteiger partial charge in [0.15, 0.2) is 17.3 Å². The van der Waals surface area contributed by atoms with E-state index in [4.69, 9.17) is 25.8 Å². The van der Waals surface area contributed by atoms with Crippen molar-refractivity contribution < 1.29 is 23.8 Å². The van der Waals surface area contributed by atoms with Crippen molar-refractivity contribution in [2.24, 2.45) is 5.41 Å². The Hall–Kier alpha value is -2.99. The number of hydrogen-bond donors (Lipinski definition) is 0. The zero-order chi connectivity index (χ0) is 23.9. The zero-order valence-corrected chi connectivity index (χ0v) is 20.3. The highest BCUT2D eigenvalue weighted by molar-refractivity contribution is 6.30. The molecule has 174 valence electrons. The number of anilines is 1. The van der Waals surface area contributed by atoms with Gasteiger partial charge in [0, 0.05) is 46.3 Å². The Morgan fingerprint density at radius 1 is 0.909 bits per heavy atom. The van der Waals surface area contributed by atoms with Gasteiger partial charge in [-0.1, -0.05) is 31.5 Å². The van der Waals surface area contributed by atoms with Crippen molar-refractivity contribution in [3.05, 3.63) is 58.3 Å². The number of benzene rings is 2. The van der Waals surface area contributed by atoms with Crippen molar-refractivity contribution in [3.8, 4) is 17.2 Å². The third-order valence-corrected chi connectivity index (χ3v) is 6.59. The van der Waals surface area contributed by atoms with Crippen LogP contribution in [0.2, 0.25) is 5.02 Å². The summed E-state index contributed by atoms with van der Waals surface area (Å²) in [4.78, 5) is 28.8. The highest BCUT2D eigenvalue weighted by Gasteiger charge is 2.45. The fourth-order valence-corrected chi connectivity index (χ4v) is 5.10. The average molecular weight is 470 g/mol. The minimum atomic E-state index is -0.436. The smallest absolute Gasteiger partial charge is 0.232 e. The van der Waals surface area contributed by atoms with Gasteiger partial charge in [-0.2, -0.15) is 0 Å². The molecule has 0 N–H and O–H groups in total. The third-order valence-electron chi connectivity index (χ3n) is 6.34. The van der Waals surface area contributed by atoms with Crippen molar-refractivity contribution in [1.29, 1.82) is 0 Å². The van der Waals surface area contributed by atoms with Crippen molar-refractivity contribution >= 4 is 29.0 Å². The van der Waals surface area contributed by atoms with Crippen LogP contribution >= 0.6 is 11.6 Å². The van der Waals surface area contributed by atoms with Crippen LogP contribution in [0.3, 0.4) is 0 Å². The maximum atomic E-state index is 13.6. The van der Waals surface area contributed by atoms with Crippen LogP contribution in [0.1, 0.15) is 44.6 Å². The molecule has 1 aliphatic carbocycles. The van der Waals surface area contributed by atoms with Gasteiger partial charge in [-0.25, -0.2) is 0 Å². The van der Waals surface area contributed by atoms with E-state index in [0.29, 0.717) is 46.4 Å². The predicted molar refractivity (Wildman–Crippen MR) is 127 cm³/mol. The van der Waals surface area contributed by atoms with Gasteiger partial charge in [-0.3, -0.25) is 14.5 Å². The minimum Gasteiger partial charge on any atom is -0.493 e. The number of Topliss-reactive ketones (excluding diaryl/α,β-unsaturated/α-hetero) is 1. The van der Waals surface area contributed by atoms with Crippen molar-refractivity contribution in [2.45, 2.75) is 39.0 Å². The molecular weight excluding hydrogens is 442 g/mol. The van der Waals surface area contributed by atoms with Crippen molar-refractivity contribution in [2.75, 3.05) is 26.2 Å². The molecule has 2 aromatic rings. The van der Waals surface area contributed by atoms with Crippen LogP contribution in [0.15, 0.2) is 47.7 Å². The summed E-state index contributed by atoms with van der Waals surface area (Å²) in [6.07, 6.45) is 1.16. The molecule has 1 heterocycles. The largest absolute Gasteiger partial charge is 0.493 e. The SMILES string of the molecule is COc1ccc(C2CC(=O)N(c3ccc(Cl)cc3)C3=C2C(=O)CC(C)(C)C3)c(OC)c1OC. The van der Waals surface area contributed by atoms with E-state index in [9.17, 15) is 9.59 Å². The first-order chi connectivity index (χ1) is 15.7. The van der Waals surface area contributed by atoms with Crippen LogP contribution in [-0.2, 0) is 9.59 Å². The number of carbonyl (C=O) groups excluding carboxylic acids is 2. The third kappa shape index (κ3) is 4.08. The summed E-state index contributed by atoms with van der Waals surface area (Å²) in [6, 6.07) is 10.8. The lowest BCUT2D eigenvalue weighted by Gasteiger charge is -2.43. The number of amides is 1. The lowest BCUT2D eigenvalue weighted by molar-refractivity contribution is -0.121. The molecule has 1 atom stereocenters. The molecule has 4 rings (SSSR count). The van der Waals surface area contributed by atoms with Crippen LogP contribution in [0.4, 0.5) is 5.69 Å². The van der Waals surface area contributed by atoms with Gasteiger partial charge < -0.3 is 14.2 Å². The van der Waals surface area contributed by atoms with Gasteiger partial charge in [-0.05, 0) is 42.2 Å². The van der Waals surface area contributed by atoms with E-state index in [-0.39, 0.29) is 23.5 Å². The standard InChI is InChI=1S/C26H28ClNO5/c1-26(2)13-19-23(20(29)14-26)18(12-22(30)28(19)16-8-6-15(27)7-9-16)17-10-11-21(31-3)25(33-5)24(17)32-4/h6-11,18H,12-14H2,1-5H3. The summed E-state index contributed by atoms with van der Waals surface area (Å²) in [5, 5.41) is 0.588. The first-order valence-electron chi connectivity index (χ1n) is 10.8. The Morgan fingerprint density at radius 3 is 2.18 bits per heavy atom. The van der Waals surface area contributed by atoms with Crippen LogP contribution in [0.5, 0.6) is 17.2 Å². The van der Waals surface area contributed by atoms with Crippen molar-refractivity contribution in [3.63, 3.8) is 0 Å². The van der Waals surface area contributed by atoms with Crippen LogP contribution in [-0.4, -0.2) is 33.0 Å². The van der Waals surface area contributed by atoms with Crippen LogP contribution < -0.4 is 19.1 Å². The topological polar surface area (TPSA) is 65.1 Å². The number of halogens is 1. The summed E-state index contributed by atoms with van der Waals surface area (Å²) in [5.74, 6) is 0.968. The van der Waals surface area contributed by atoms with E-state index in [1.807, 2.05) is 18.2 Å². The van der Waals surface area contributed by atoms with Gasteiger partial charge in [-0.15, -0.1) is 0 Å². The average Bonchev–Trinajstić information content (AvgIpc) is 2.77. The second kappa shape index (κ2) is 8.75. The van der Waals surface area contributed by atoms with E-state index in [1.165, 1.54) is 7.11 Å². The number of ketones is 1. The molecule has 0 aromatic heterocycles. The number of ether oxygens (including phenoxy) is 3. The first-order valence-corrected chi connectivity index (χ1v) is 11.2. The molecule has 0 radical (unpaired) electrons. The van der Waals surface area contributed by atoms with Gasteiger partial charge >= 0.3 is 0 Å². The maximum absolute atomic E-state index is 13.6. The summed E-state index contributed by atoms with van der Waals surface area (Å²) in [5.41, 5.74) is 2.59. The highest BCUT2D eigenvalue weighted by atomic mass is 35.5. The van der Waals surface area contributed by atoms with Gasteiger partial charge in [0.2, 0.25) is 11.7 Å². The predicted octanol–water partition coefficient (Wildman–Crippen LogP) is 5.53. The number of hydrogen-bond acceptors (Lipinski definition) is 5. The molecule has 0 saturated carbocycles. The molecule has 0 spiro atoms. The molecule has 0 fully saturated rings. The van der Waals surface area contributed by atoms with Crippen LogP contribution in [0, 0.1) is 5.41 Å². The number of carbonyl (C=O) groups is 2. The number of rotatable bonds is 5. The Labute approximate surface area is 199 Å². The summed E-state index contributed by atoms with van der Waals surface area (Å²) < 4.78 is 16.7. The van der Waals surface area contributed by atoms with E-state index in [1.54, 1.807) is 37.3 Å². The molecule has 0 saturated heterocycles. The Bertz CT molecular complexity index is 1140. The Balaban J connectivity index is 1.94. The molecule has 6 nitrogen and oxygen atoms in total. The molecule has 7 heteroatoms. The molecule has 1 amide bonds. The second-order valence-electron chi connectivity index (χ2n) is 9.19. The lowest BCUT2D eigenvalue weighted by Crippen LogP contribution is -2.43. The second-order valence-corrected chi connectivity index (χ2v) is 9.62. The lowest BCUT2D eigenvalue weighted by atomic mass is 9.69. The van der Waals surface area contributed by atoms with Gasteiger partial charge in [0.1, 0.15) is 0 Å². The Morgan fingerprint density at radius 2 is 1.58 bits per heavy atom. The van der Waals surface area contributed by atoms with Crippen LogP contribution in [0.25, 0.3) is 0 Å². The maximum Gasteiger partial charge on any atom is 0.232 e. The molecule has 0 bridgehead atoms. The van der Waals surface area contributed by atoms with E-state index < -0.39 is 5.92 Å². The quantitative estimate of drug-likeness (QED) is 0.576. The highest BCUT2D eigenvalue weighted by Crippen LogP contribution is 2.52. The normalized spacial score (nSPS) is 19.9. The van der Waals surface area contributed by atoms with Gasteiger partial charge in [0.05, 0.1) is 21.3 Å². The Kier molecular flexibility index (Phi) is 6.14. The minimum absolute atomic E-state index is 0.0505. The molecule has 2 aliphatic rings. The molecule has 1 unspecified atom stereocenters. The molecule has 33 heavy (non-hydrogen) atoms.